The molecule has 0 spiro atoms. The average Bonchev–Trinajstić information content (AvgIpc) is 2.83. The smallest absolute Gasteiger partial charge is 0.223 e. The maximum absolute atomic E-state index is 12.8. The molecule has 4 fully saturated rings. The van der Waals surface area contributed by atoms with Crippen molar-refractivity contribution in [1.82, 2.24) is 10.6 Å². The number of Topliss-reactive ketones (excluding diaryl/α,β-unsaturated/α-hetero) is 1. The molecule has 4 aliphatic rings. The molecule has 6 heteroatoms. The third kappa shape index (κ3) is 9.77. The molecule has 0 radical (unpaired) electrons. The fraction of sp³-hybridized carbons (Fsp3) is 0.931. The summed E-state index contributed by atoms with van der Waals surface area (Å²) in [6.45, 7) is 3.62. The molecule has 4 aliphatic carbocycles. The Labute approximate surface area is 214 Å². The maximum Gasteiger partial charge on any atom is 0.223 e. The highest BCUT2D eigenvalue weighted by molar-refractivity contribution is 5.83. The van der Waals surface area contributed by atoms with Gasteiger partial charge >= 0.3 is 0 Å². The SMILES string of the molecule is NCCCNCCCCCCCCCC(=O)[C@@H](N)CCCCNC(=O)C1C2CC3CC(C2)CC1C3. The van der Waals surface area contributed by atoms with Crippen LogP contribution in [-0.2, 0) is 9.59 Å². The first-order valence-corrected chi connectivity index (χ1v) is 15.0. The molecule has 6 nitrogen and oxygen atoms in total. The normalized spacial score (nSPS) is 27.8. The first-order chi connectivity index (χ1) is 17.1. The zero-order chi connectivity index (χ0) is 24.9. The molecule has 35 heavy (non-hydrogen) atoms. The Balaban J connectivity index is 1.11. The molecular formula is C29H54N4O2. The van der Waals surface area contributed by atoms with Crippen LogP contribution in [0.1, 0.15) is 109 Å². The number of nitrogens with two attached hydrogens (primary N) is 2. The summed E-state index contributed by atoms with van der Waals surface area (Å²) in [6.07, 6.45) is 19.2. The number of rotatable bonds is 20. The number of nitrogens with one attached hydrogen (secondary N) is 2. The molecule has 0 aromatic rings. The number of hydrogen-bond acceptors (Lipinski definition) is 5. The van der Waals surface area contributed by atoms with Crippen molar-refractivity contribution in [2.24, 2.45) is 41.1 Å². The van der Waals surface area contributed by atoms with Crippen molar-refractivity contribution in [2.75, 3.05) is 26.2 Å². The van der Waals surface area contributed by atoms with Crippen molar-refractivity contribution >= 4 is 11.7 Å². The fourth-order valence-electron chi connectivity index (χ4n) is 7.30. The van der Waals surface area contributed by atoms with E-state index in [0.717, 1.165) is 76.5 Å². The van der Waals surface area contributed by atoms with Gasteiger partial charge in [-0.15, -0.1) is 0 Å². The fourth-order valence-corrected chi connectivity index (χ4v) is 7.30. The first-order valence-electron chi connectivity index (χ1n) is 15.0. The van der Waals surface area contributed by atoms with Gasteiger partial charge in [-0.1, -0.05) is 32.1 Å². The summed E-state index contributed by atoms with van der Waals surface area (Å²) in [5.74, 6) is 3.90. The van der Waals surface area contributed by atoms with Gasteiger partial charge in [-0.25, -0.2) is 0 Å². The molecule has 0 unspecified atom stereocenters. The van der Waals surface area contributed by atoms with Crippen LogP contribution < -0.4 is 22.1 Å². The third-order valence-electron chi connectivity index (χ3n) is 9.02. The Morgan fingerprint density at radius 1 is 0.714 bits per heavy atom. The molecule has 4 rings (SSSR count). The highest BCUT2D eigenvalue weighted by Gasteiger charge is 2.50. The largest absolute Gasteiger partial charge is 0.356 e. The second kappa shape index (κ2) is 16.0. The number of carbonyl (C=O) groups is 2. The van der Waals surface area contributed by atoms with Gasteiger partial charge in [-0.05, 0) is 114 Å². The van der Waals surface area contributed by atoms with Crippen LogP contribution in [0.25, 0.3) is 0 Å². The molecule has 202 valence electrons. The standard InChI is InChI=1S/C29H54N4O2/c30-13-10-15-32-14-8-5-3-1-2-4-6-12-27(34)26(31)11-7-9-16-33-29(35)28-24-18-22-17-23(20-24)21-25(28)19-22/h22-26,28,32H,1-21,30-31H2,(H,33,35)/t22?,23?,24?,25?,26-,28?/m0/s1. The van der Waals surface area contributed by atoms with Crippen molar-refractivity contribution in [3.05, 3.63) is 0 Å². The highest BCUT2D eigenvalue weighted by atomic mass is 16.2. The number of ketones is 1. The van der Waals surface area contributed by atoms with E-state index in [1.165, 1.54) is 64.2 Å². The van der Waals surface area contributed by atoms with E-state index < -0.39 is 0 Å². The van der Waals surface area contributed by atoms with Gasteiger partial charge in [0.25, 0.3) is 0 Å². The maximum atomic E-state index is 12.8. The Hall–Kier alpha value is -0.980. The third-order valence-corrected chi connectivity index (χ3v) is 9.02. The molecule has 6 N–H and O–H groups in total. The van der Waals surface area contributed by atoms with Crippen molar-refractivity contribution < 1.29 is 9.59 Å². The van der Waals surface area contributed by atoms with Gasteiger partial charge < -0.3 is 22.1 Å². The van der Waals surface area contributed by atoms with Crippen LogP contribution in [0.15, 0.2) is 0 Å². The highest BCUT2D eigenvalue weighted by Crippen LogP contribution is 2.56. The minimum absolute atomic E-state index is 0.214. The Morgan fingerprint density at radius 2 is 1.29 bits per heavy atom. The quantitative estimate of drug-likeness (QED) is 0.190. The van der Waals surface area contributed by atoms with E-state index in [1.54, 1.807) is 0 Å². The van der Waals surface area contributed by atoms with E-state index in [4.69, 9.17) is 11.5 Å². The van der Waals surface area contributed by atoms with E-state index >= 15 is 0 Å². The van der Waals surface area contributed by atoms with Gasteiger partial charge in [0.05, 0.1) is 6.04 Å². The van der Waals surface area contributed by atoms with E-state index in [2.05, 4.69) is 10.6 Å². The molecule has 4 bridgehead atoms. The molecular weight excluding hydrogens is 436 g/mol. The van der Waals surface area contributed by atoms with E-state index in [-0.39, 0.29) is 17.7 Å². The van der Waals surface area contributed by atoms with Crippen molar-refractivity contribution in [3.63, 3.8) is 0 Å². The molecule has 0 aromatic carbocycles. The molecule has 0 heterocycles. The number of carbonyl (C=O) groups excluding carboxylic acids is 2. The summed E-state index contributed by atoms with van der Waals surface area (Å²) in [4.78, 5) is 25.2. The van der Waals surface area contributed by atoms with Crippen LogP contribution in [0.4, 0.5) is 0 Å². The van der Waals surface area contributed by atoms with Crippen LogP contribution in [-0.4, -0.2) is 43.9 Å². The van der Waals surface area contributed by atoms with E-state index in [0.29, 0.717) is 24.2 Å². The molecule has 0 aromatic heterocycles. The molecule has 0 aliphatic heterocycles. The minimum atomic E-state index is -0.332. The molecule has 1 amide bonds. The van der Waals surface area contributed by atoms with Gasteiger partial charge in [0.2, 0.25) is 5.91 Å². The predicted octanol–water partition coefficient (Wildman–Crippen LogP) is 4.30. The van der Waals surface area contributed by atoms with Gasteiger partial charge in [0, 0.05) is 18.9 Å². The summed E-state index contributed by atoms with van der Waals surface area (Å²) in [6, 6.07) is -0.332. The van der Waals surface area contributed by atoms with E-state index in [1.807, 2.05) is 0 Å². The first kappa shape index (κ1) is 28.6. The van der Waals surface area contributed by atoms with Crippen LogP contribution >= 0.6 is 0 Å². The number of amides is 1. The monoisotopic (exact) mass is 490 g/mol. The van der Waals surface area contributed by atoms with Crippen molar-refractivity contribution in [2.45, 2.75) is 115 Å². The predicted molar refractivity (Wildman–Crippen MR) is 144 cm³/mol. The summed E-state index contributed by atoms with van der Waals surface area (Å²) < 4.78 is 0. The Kier molecular flexibility index (Phi) is 13.1. The topological polar surface area (TPSA) is 110 Å². The molecule has 4 saturated carbocycles. The van der Waals surface area contributed by atoms with Crippen LogP contribution in [0.3, 0.4) is 0 Å². The second-order valence-corrected chi connectivity index (χ2v) is 11.9. The summed E-state index contributed by atoms with van der Waals surface area (Å²) in [5.41, 5.74) is 11.6. The minimum Gasteiger partial charge on any atom is -0.356 e. The van der Waals surface area contributed by atoms with Crippen LogP contribution in [0.5, 0.6) is 0 Å². The Morgan fingerprint density at radius 3 is 1.94 bits per heavy atom. The van der Waals surface area contributed by atoms with Gasteiger partial charge in [0.1, 0.15) is 5.78 Å². The lowest BCUT2D eigenvalue weighted by Gasteiger charge is -2.53. The lowest BCUT2D eigenvalue weighted by Crippen LogP contribution is -2.51. The zero-order valence-electron chi connectivity index (χ0n) is 22.3. The number of hydrogen-bond donors (Lipinski definition) is 4. The van der Waals surface area contributed by atoms with Crippen LogP contribution in [0.2, 0.25) is 0 Å². The number of unbranched alkanes of at least 4 members (excludes halogenated alkanes) is 7. The van der Waals surface area contributed by atoms with Crippen molar-refractivity contribution in [1.29, 1.82) is 0 Å². The lowest BCUT2D eigenvalue weighted by atomic mass is 9.51. The lowest BCUT2D eigenvalue weighted by molar-refractivity contribution is -0.138. The summed E-state index contributed by atoms with van der Waals surface area (Å²) >= 11 is 0. The second-order valence-electron chi connectivity index (χ2n) is 11.9. The zero-order valence-corrected chi connectivity index (χ0v) is 22.3. The summed E-state index contributed by atoms with van der Waals surface area (Å²) in [5, 5.41) is 6.64. The van der Waals surface area contributed by atoms with E-state index in [9.17, 15) is 9.59 Å². The van der Waals surface area contributed by atoms with Gasteiger partial charge in [-0.2, -0.15) is 0 Å². The van der Waals surface area contributed by atoms with Crippen molar-refractivity contribution in [3.8, 4) is 0 Å². The van der Waals surface area contributed by atoms with Crippen LogP contribution in [0, 0.1) is 29.6 Å². The van der Waals surface area contributed by atoms with Gasteiger partial charge in [0.15, 0.2) is 0 Å². The van der Waals surface area contributed by atoms with Gasteiger partial charge in [-0.3, -0.25) is 9.59 Å². The average molecular weight is 491 g/mol. The Bertz CT molecular complexity index is 598. The molecule has 1 atom stereocenters. The molecule has 0 saturated heterocycles. The summed E-state index contributed by atoms with van der Waals surface area (Å²) in [7, 11) is 0.